The van der Waals surface area contributed by atoms with Gasteiger partial charge in [0, 0.05) is 35.7 Å². The van der Waals surface area contributed by atoms with Gasteiger partial charge in [0.25, 0.3) is 5.91 Å². The Balaban J connectivity index is 1.32. The summed E-state index contributed by atoms with van der Waals surface area (Å²) in [6.45, 7) is 3.28. The van der Waals surface area contributed by atoms with Gasteiger partial charge in [-0.1, -0.05) is 18.2 Å². The average molecular weight is 398 g/mol. The van der Waals surface area contributed by atoms with Crippen molar-refractivity contribution in [3.8, 4) is 5.69 Å². The molecule has 1 saturated heterocycles. The molecule has 0 bridgehead atoms. The first-order valence-corrected chi connectivity index (χ1v) is 10.0. The molecule has 1 amide bonds. The number of nitrogens with one attached hydrogen (secondary N) is 1. The van der Waals surface area contributed by atoms with E-state index in [2.05, 4.69) is 15.2 Å². The number of carbonyl (C=O) groups is 1. The van der Waals surface area contributed by atoms with Gasteiger partial charge in [-0.25, -0.2) is 4.98 Å². The smallest absolute Gasteiger partial charge is 0.255 e. The first kappa shape index (κ1) is 18.4. The standard InChI is InChI=1S/C24H22N4O2/c29-24(26-19-7-9-20(10-8-19)27-12-14-30-15-13-27)18-6-11-23-22(16-18)25-17-28(23)21-4-2-1-3-5-21/h1-11,16-17H,12-15H2,(H,26,29). The number of fused-ring (bicyclic) bond motifs is 1. The number of imidazole rings is 1. The third-order valence-corrected chi connectivity index (χ3v) is 5.35. The molecule has 3 aromatic carbocycles. The van der Waals surface area contributed by atoms with Crippen molar-refractivity contribution in [2.75, 3.05) is 36.5 Å². The molecule has 150 valence electrons. The molecule has 1 N–H and O–H groups in total. The van der Waals surface area contributed by atoms with Gasteiger partial charge in [-0.05, 0) is 54.6 Å². The molecule has 1 aromatic heterocycles. The molecule has 2 heterocycles. The number of aromatic nitrogens is 2. The van der Waals surface area contributed by atoms with Crippen molar-refractivity contribution < 1.29 is 9.53 Å². The zero-order chi connectivity index (χ0) is 20.3. The summed E-state index contributed by atoms with van der Waals surface area (Å²) in [5.74, 6) is -0.148. The van der Waals surface area contributed by atoms with Crippen LogP contribution in [0.3, 0.4) is 0 Å². The molecular weight excluding hydrogens is 376 g/mol. The normalized spacial score (nSPS) is 14.1. The van der Waals surface area contributed by atoms with Crippen LogP contribution in [-0.4, -0.2) is 41.8 Å². The molecule has 6 heteroatoms. The summed E-state index contributed by atoms with van der Waals surface area (Å²) in [7, 11) is 0. The van der Waals surface area contributed by atoms with Crippen molar-refractivity contribution >= 4 is 28.3 Å². The van der Waals surface area contributed by atoms with Crippen LogP contribution < -0.4 is 10.2 Å². The molecule has 0 unspecified atom stereocenters. The molecule has 1 fully saturated rings. The number of nitrogens with zero attached hydrogens (tertiary/aromatic N) is 3. The minimum Gasteiger partial charge on any atom is -0.378 e. The number of hydrogen-bond acceptors (Lipinski definition) is 4. The first-order valence-electron chi connectivity index (χ1n) is 10.0. The third kappa shape index (κ3) is 3.65. The molecule has 6 nitrogen and oxygen atoms in total. The van der Waals surface area contributed by atoms with Crippen LogP contribution >= 0.6 is 0 Å². The summed E-state index contributed by atoms with van der Waals surface area (Å²) >= 11 is 0. The number of rotatable bonds is 4. The minimum atomic E-state index is -0.148. The number of morpholine rings is 1. The number of benzene rings is 3. The van der Waals surface area contributed by atoms with Gasteiger partial charge in [0.1, 0.15) is 6.33 Å². The number of amides is 1. The van der Waals surface area contributed by atoms with Crippen molar-refractivity contribution in [2.45, 2.75) is 0 Å². The second-order valence-corrected chi connectivity index (χ2v) is 7.25. The number of anilines is 2. The highest BCUT2D eigenvalue weighted by Gasteiger charge is 2.13. The quantitative estimate of drug-likeness (QED) is 0.562. The van der Waals surface area contributed by atoms with Gasteiger partial charge in [-0.3, -0.25) is 9.36 Å². The lowest BCUT2D eigenvalue weighted by molar-refractivity contribution is 0.102. The monoisotopic (exact) mass is 398 g/mol. The zero-order valence-electron chi connectivity index (χ0n) is 16.5. The summed E-state index contributed by atoms with van der Waals surface area (Å²) in [5.41, 5.74) is 5.29. The van der Waals surface area contributed by atoms with E-state index in [9.17, 15) is 4.79 Å². The van der Waals surface area contributed by atoms with Crippen LogP contribution in [0.1, 0.15) is 10.4 Å². The number of carbonyl (C=O) groups excluding carboxylic acids is 1. The summed E-state index contributed by atoms with van der Waals surface area (Å²) in [4.78, 5) is 19.5. The van der Waals surface area contributed by atoms with Crippen LogP contribution in [0.5, 0.6) is 0 Å². The second kappa shape index (κ2) is 8.00. The molecule has 4 aromatic rings. The fourth-order valence-corrected chi connectivity index (χ4v) is 3.73. The topological polar surface area (TPSA) is 59.4 Å². The molecule has 0 saturated carbocycles. The summed E-state index contributed by atoms with van der Waals surface area (Å²) < 4.78 is 7.41. The van der Waals surface area contributed by atoms with E-state index in [0.717, 1.165) is 54.4 Å². The van der Waals surface area contributed by atoms with Gasteiger partial charge in [0.15, 0.2) is 0 Å². The SMILES string of the molecule is O=C(Nc1ccc(N2CCOCC2)cc1)c1ccc2c(c1)ncn2-c1ccccc1. The molecular formula is C24H22N4O2. The Labute approximate surface area is 174 Å². The Morgan fingerprint density at radius 3 is 2.43 bits per heavy atom. The van der Waals surface area contributed by atoms with E-state index in [1.165, 1.54) is 0 Å². The Morgan fingerprint density at radius 1 is 0.900 bits per heavy atom. The molecule has 0 atom stereocenters. The number of hydrogen-bond donors (Lipinski definition) is 1. The van der Waals surface area contributed by atoms with Crippen LogP contribution in [0.4, 0.5) is 11.4 Å². The number of para-hydroxylation sites is 1. The van der Waals surface area contributed by atoms with E-state index >= 15 is 0 Å². The maximum absolute atomic E-state index is 12.7. The van der Waals surface area contributed by atoms with Gasteiger partial charge in [0.2, 0.25) is 0 Å². The highest BCUT2D eigenvalue weighted by Crippen LogP contribution is 2.22. The molecule has 30 heavy (non-hydrogen) atoms. The Hall–Kier alpha value is -3.64. The first-order chi connectivity index (χ1) is 14.8. The second-order valence-electron chi connectivity index (χ2n) is 7.25. The third-order valence-electron chi connectivity index (χ3n) is 5.35. The molecule has 5 rings (SSSR count). The van der Waals surface area contributed by atoms with E-state index in [4.69, 9.17) is 4.74 Å². The average Bonchev–Trinajstić information content (AvgIpc) is 3.24. The Bertz CT molecular complexity index is 1160. The van der Waals surface area contributed by atoms with Gasteiger partial charge in [-0.15, -0.1) is 0 Å². The lowest BCUT2D eigenvalue weighted by Gasteiger charge is -2.28. The number of ether oxygens (including phenoxy) is 1. The molecule has 0 radical (unpaired) electrons. The van der Waals surface area contributed by atoms with E-state index < -0.39 is 0 Å². The highest BCUT2D eigenvalue weighted by molar-refractivity contribution is 6.06. The van der Waals surface area contributed by atoms with Crippen LogP contribution in [-0.2, 0) is 4.74 Å². The van der Waals surface area contributed by atoms with E-state index in [0.29, 0.717) is 5.56 Å². The Kier molecular flexibility index (Phi) is 4.91. The summed E-state index contributed by atoms with van der Waals surface area (Å²) in [6, 6.07) is 23.6. The van der Waals surface area contributed by atoms with E-state index in [-0.39, 0.29) is 5.91 Å². The fourth-order valence-electron chi connectivity index (χ4n) is 3.73. The van der Waals surface area contributed by atoms with Crippen LogP contribution in [0, 0.1) is 0 Å². The Morgan fingerprint density at radius 2 is 1.67 bits per heavy atom. The van der Waals surface area contributed by atoms with E-state index in [1.807, 2.05) is 77.4 Å². The molecule has 1 aliphatic heterocycles. The van der Waals surface area contributed by atoms with Crippen LogP contribution in [0.2, 0.25) is 0 Å². The van der Waals surface area contributed by atoms with Gasteiger partial charge >= 0.3 is 0 Å². The molecule has 0 spiro atoms. The van der Waals surface area contributed by atoms with Gasteiger partial charge in [0.05, 0.1) is 24.2 Å². The largest absolute Gasteiger partial charge is 0.378 e. The lowest BCUT2D eigenvalue weighted by Crippen LogP contribution is -2.36. The van der Waals surface area contributed by atoms with Gasteiger partial charge < -0.3 is 15.0 Å². The van der Waals surface area contributed by atoms with Crippen molar-refractivity contribution in [2.24, 2.45) is 0 Å². The predicted octanol–water partition coefficient (Wildman–Crippen LogP) is 4.11. The maximum atomic E-state index is 12.7. The summed E-state index contributed by atoms with van der Waals surface area (Å²) in [6.07, 6.45) is 1.78. The minimum absolute atomic E-state index is 0.148. The highest BCUT2D eigenvalue weighted by atomic mass is 16.5. The molecule has 1 aliphatic rings. The lowest BCUT2D eigenvalue weighted by atomic mass is 10.1. The van der Waals surface area contributed by atoms with E-state index in [1.54, 1.807) is 6.33 Å². The van der Waals surface area contributed by atoms with Crippen molar-refractivity contribution in [3.63, 3.8) is 0 Å². The summed E-state index contributed by atoms with van der Waals surface area (Å²) in [5, 5.41) is 2.97. The molecule has 0 aliphatic carbocycles. The van der Waals surface area contributed by atoms with Crippen molar-refractivity contribution in [3.05, 3.63) is 84.7 Å². The predicted molar refractivity (Wildman–Crippen MR) is 118 cm³/mol. The zero-order valence-corrected chi connectivity index (χ0v) is 16.5. The van der Waals surface area contributed by atoms with Gasteiger partial charge in [-0.2, -0.15) is 0 Å². The van der Waals surface area contributed by atoms with Crippen LogP contribution in [0.25, 0.3) is 16.7 Å². The maximum Gasteiger partial charge on any atom is 0.255 e. The fraction of sp³-hybridized carbons (Fsp3) is 0.167. The van der Waals surface area contributed by atoms with Crippen molar-refractivity contribution in [1.29, 1.82) is 0 Å². The van der Waals surface area contributed by atoms with Crippen LogP contribution in [0.15, 0.2) is 79.1 Å². The van der Waals surface area contributed by atoms with Crippen molar-refractivity contribution in [1.82, 2.24) is 9.55 Å².